The van der Waals surface area contributed by atoms with Crippen LogP contribution < -0.4 is 5.73 Å². The molecule has 28 heavy (non-hydrogen) atoms. The van der Waals surface area contributed by atoms with E-state index in [-0.39, 0.29) is 29.9 Å². The summed E-state index contributed by atoms with van der Waals surface area (Å²) >= 11 is 7.56. The molecule has 1 fully saturated rings. The molecular formula is C18H15N3O4S3. The van der Waals surface area contributed by atoms with Crippen molar-refractivity contribution in [2.75, 3.05) is 6.54 Å². The second-order valence-corrected chi connectivity index (χ2v) is 8.60. The fraction of sp³-hybridized carbons (Fsp3) is 0.167. The van der Waals surface area contributed by atoms with E-state index in [1.807, 2.05) is 24.3 Å². The molecule has 1 saturated heterocycles. The lowest BCUT2D eigenvalue weighted by Crippen LogP contribution is -2.29. The van der Waals surface area contributed by atoms with Crippen molar-refractivity contribution >= 4 is 75.2 Å². The van der Waals surface area contributed by atoms with Gasteiger partial charge < -0.3 is 10.8 Å². The topological polar surface area (TPSA) is 113 Å². The second kappa shape index (κ2) is 8.72. The number of nitrogens with zero attached hydrogens (tertiary/aromatic N) is 2. The Kier molecular flexibility index (Phi) is 6.32. The molecular weight excluding hydrogens is 418 g/mol. The van der Waals surface area contributed by atoms with Gasteiger partial charge in [0.1, 0.15) is 4.32 Å². The standard InChI is InChI=1S/C18H15N3O4S3/c19-17-20-15(24)12(27-17)8-10-3-5-11(6-4-10)9-13-16(25)21(18(26)28-13)7-1-2-14(22)23/h3-6,8-9H,1-2,7H2,(H,22,23)(H2,19,20,24)/b12-8+,13-9-. The number of rotatable bonds is 6. The smallest absolute Gasteiger partial charge is 0.303 e. The Labute approximate surface area is 174 Å². The fourth-order valence-electron chi connectivity index (χ4n) is 2.50. The molecule has 10 heteroatoms. The van der Waals surface area contributed by atoms with Gasteiger partial charge in [0.2, 0.25) is 0 Å². The van der Waals surface area contributed by atoms with Crippen LogP contribution in [0.25, 0.3) is 12.2 Å². The van der Waals surface area contributed by atoms with Crippen molar-refractivity contribution in [1.29, 1.82) is 0 Å². The number of amides is 2. The quantitative estimate of drug-likeness (QED) is 0.520. The number of aliphatic imine (C=N–C) groups is 1. The molecule has 7 nitrogen and oxygen atoms in total. The molecule has 2 aliphatic heterocycles. The summed E-state index contributed by atoms with van der Waals surface area (Å²) in [6, 6.07) is 7.32. The molecule has 2 heterocycles. The van der Waals surface area contributed by atoms with Crippen molar-refractivity contribution in [1.82, 2.24) is 4.90 Å². The molecule has 0 radical (unpaired) electrons. The van der Waals surface area contributed by atoms with Gasteiger partial charge in [0, 0.05) is 13.0 Å². The molecule has 0 atom stereocenters. The van der Waals surface area contributed by atoms with Gasteiger partial charge in [0.25, 0.3) is 11.8 Å². The summed E-state index contributed by atoms with van der Waals surface area (Å²) in [4.78, 5) is 40.8. The van der Waals surface area contributed by atoms with Crippen LogP contribution in [0.1, 0.15) is 24.0 Å². The number of aliphatic carboxylic acids is 1. The van der Waals surface area contributed by atoms with Gasteiger partial charge >= 0.3 is 5.97 Å². The number of nitrogens with two attached hydrogens (primary N) is 1. The van der Waals surface area contributed by atoms with Crippen molar-refractivity contribution < 1.29 is 19.5 Å². The van der Waals surface area contributed by atoms with Crippen molar-refractivity contribution in [3.8, 4) is 0 Å². The lowest BCUT2D eigenvalue weighted by Gasteiger charge is -2.13. The van der Waals surface area contributed by atoms with E-state index < -0.39 is 5.97 Å². The Bertz CT molecular complexity index is 951. The summed E-state index contributed by atoms with van der Waals surface area (Å²) in [5.41, 5.74) is 7.16. The van der Waals surface area contributed by atoms with E-state index in [4.69, 9.17) is 23.1 Å². The number of benzene rings is 1. The molecule has 1 aromatic carbocycles. The largest absolute Gasteiger partial charge is 0.481 e. The average Bonchev–Trinajstić information content (AvgIpc) is 3.08. The third-order valence-electron chi connectivity index (χ3n) is 3.81. The van der Waals surface area contributed by atoms with Gasteiger partial charge in [0.15, 0.2) is 5.17 Å². The molecule has 1 aromatic rings. The Morgan fingerprint density at radius 2 is 1.75 bits per heavy atom. The van der Waals surface area contributed by atoms with Crippen LogP contribution in [0.3, 0.4) is 0 Å². The van der Waals surface area contributed by atoms with Crippen LogP contribution in [0.2, 0.25) is 0 Å². The summed E-state index contributed by atoms with van der Waals surface area (Å²) in [5.74, 6) is -1.46. The maximum atomic E-state index is 12.5. The Balaban J connectivity index is 1.68. The predicted octanol–water partition coefficient (Wildman–Crippen LogP) is 2.68. The minimum absolute atomic E-state index is 0.00937. The third-order valence-corrected chi connectivity index (χ3v) is 6.01. The zero-order chi connectivity index (χ0) is 20.3. The highest BCUT2D eigenvalue weighted by molar-refractivity contribution is 8.26. The highest BCUT2D eigenvalue weighted by Crippen LogP contribution is 2.33. The second-order valence-electron chi connectivity index (χ2n) is 5.86. The van der Waals surface area contributed by atoms with Crippen LogP contribution in [-0.4, -0.2) is 43.8 Å². The molecule has 0 bridgehead atoms. The zero-order valence-corrected chi connectivity index (χ0v) is 16.9. The number of carboxylic acids is 1. The first-order valence-electron chi connectivity index (χ1n) is 8.19. The highest BCUT2D eigenvalue weighted by Gasteiger charge is 2.31. The number of thiocarbonyl (C=S) groups is 1. The van der Waals surface area contributed by atoms with E-state index in [1.165, 1.54) is 16.7 Å². The zero-order valence-electron chi connectivity index (χ0n) is 14.5. The van der Waals surface area contributed by atoms with Crippen LogP contribution in [0.15, 0.2) is 39.1 Å². The summed E-state index contributed by atoms with van der Waals surface area (Å²) < 4.78 is 0.428. The first-order valence-corrected chi connectivity index (χ1v) is 10.2. The molecule has 144 valence electrons. The SMILES string of the molecule is NC1=NC(=O)/C(=C\c2ccc(/C=C3\SC(=S)N(CCCC(=O)O)C3=O)cc2)S1. The average molecular weight is 434 g/mol. The van der Waals surface area contributed by atoms with Crippen LogP contribution in [0, 0.1) is 0 Å². The summed E-state index contributed by atoms with van der Waals surface area (Å²) in [6.45, 7) is 0.289. The number of carbonyl (C=O) groups is 3. The lowest BCUT2D eigenvalue weighted by atomic mass is 10.1. The van der Waals surface area contributed by atoms with E-state index in [1.54, 1.807) is 12.2 Å². The molecule has 0 spiro atoms. The molecule has 0 saturated carbocycles. The van der Waals surface area contributed by atoms with Crippen LogP contribution in [0.5, 0.6) is 0 Å². The molecule has 2 aliphatic rings. The van der Waals surface area contributed by atoms with Gasteiger partial charge in [0.05, 0.1) is 9.81 Å². The van der Waals surface area contributed by atoms with E-state index in [9.17, 15) is 14.4 Å². The number of carboxylic acid groups (broad SMARTS) is 1. The van der Waals surface area contributed by atoms with E-state index in [2.05, 4.69) is 4.99 Å². The van der Waals surface area contributed by atoms with Gasteiger partial charge in [-0.3, -0.25) is 19.3 Å². The maximum absolute atomic E-state index is 12.5. The van der Waals surface area contributed by atoms with Crippen molar-refractivity contribution in [2.24, 2.45) is 10.7 Å². The number of amidine groups is 1. The first kappa shape index (κ1) is 20.3. The minimum atomic E-state index is -0.900. The summed E-state index contributed by atoms with van der Waals surface area (Å²) in [5, 5.41) is 8.95. The number of thioether (sulfide) groups is 2. The van der Waals surface area contributed by atoms with Gasteiger partial charge in [-0.15, -0.1) is 0 Å². The lowest BCUT2D eigenvalue weighted by molar-refractivity contribution is -0.137. The van der Waals surface area contributed by atoms with Gasteiger partial charge in [-0.2, -0.15) is 4.99 Å². The van der Waals surface area contributed by atoms with Crippen LogP contribution >= 0.6 is 35.7 Å². The minimum Gasteiger partial charge on any atom is -0.481 e. The van der Waals surface area contributed by atoms with Crippen LogP contribution in [0.4, 0.5) is 0 Å². The molecule has 0 aromatic heterocycles. The molecule has 0 aliphatic carbocycles. The summed E-state index contributed by atoms with van der Waals surface area (Å²) in [7, 11) is 0. The maximum Gasteiger partial charge on any atom is 0.303 e. The van der Waals surface area contributed by atoms with Crippen molar-refractivity contribution in [2.45, 2.75) is 12.8 Å². The van der Waals surface area contributed by atoms with Crippen molar-refractivity contribution in [3.05, 3.63) is 45.2 Å². The Hall–Kier alpha value is -2.43. The predicted molar refractivity (Wildman–Crippen MR) is 115 cm³/mol. The number of hydrogen-bond donors (Lipinski definition) is 2. The summed E-state index contributed by atoms with van der Waals surface area (Å²) in [6.07, 6.45) is 3.79. The van der Waals surface area contributed by atoms with E-state index in [0.29, 0.717) is 20.6 Å². The van der Waals surface area contributed by atoms with Gasteiger partial charge in [-0.1, -0.05) is 48.2 Å². The number of hydrogen-bond acceptors (Lipinski definition) is 7. The molecule has 0 unspecified atom stereocenters. The van der Waals surface area contributed by atoms with Gasteiger partial charge in [-0.05, 0) is 41.5 Å². The van der Waals surface area contributed by atoms with E-state index in [0.717, 1.165) is 22.9 Å². The number of carbonyl (C=O) groups excluding carboxylic acids is 2. The first-order chi connectivity index (χ1) is 13.3. The Morgan fingerprint density at radius 3 is 2.29 bits per heavy atom. The molecule has 3 rings (SSSR count). The molecule has 2 amide bonds. The third kappa shape index (κ3) is 4.89. The van der Waals surface area contributed by atoms with E-state index >= 15 is 0 Å². The normalized spacial score (nSPS) is 19.8. The monoisotopic (exact) mass is 433 g/mol. The van der Waals surface area contributed by atoms with Crippen LogP contribution in [-0.2, 0) is 14.4 Å². The highest BCUT2D eigenvalue weighted by atomic mass is 32.2. The van der Waals surface area contributed by atoms with Crippen molar-refractivity contribution in [3.63, 3.8) is 0 Å². The molecule has 3 N–H and O–H groups in total. The Morgan fingerprint density at radius 1 is 1.14 bits per heavy atom. The fourth-order valence-corrected chi connectivity index (χ4v) is 4.49. The van der Waals surface area contributed by atoms with Gasteiger partial charge in [-0.25, -0.2) is 0 Å².